The molecule has 0 fully saturated rings. The van der Waals surface area contributed by atoms with E-state index >= 15 is 0 Å². The maximum atomic E-state index is 5.84. The van der Waals surface area contributed by atoms with Crippen molar-refractivity contribution in [2.45, 2.75) is 6.54 Å². The lowest BCUT2D eigenvalue weighted by Crippen LogP contribution is -2.20. The van der Waals surface area contributed by atoms with Gasteiger partial charge in [-0.1, -0.05) is 12.1 Å². The van der Waals surface area contributed by atoms with Gasteiger partial charge < -0.3 is 10.1 Å². The summed E-state index contributed by atoms with van der Waals surface area (Å²) in [6.45, 7) is 2.20. The average Bonchev–Trinajstić information content (AvgIpc) is 2.56. The second-order valence-electron chi connectivity index (χ2n) is 4.71. The summed E-state index contributed by atoms with van der Waals surface area (Å²) in [6.07, 6.45) is 5.44. The summed E-state index contributed by atoms with van der Waals surface area (Å²) in [4.78, 5) is 8.41. The Morgan fingerprint density at radius 1 is 1.00 bits per heavy atom. The first kappa shape index (κ1) is 13.5. The first-order chi connectivity index (χ1) is 10.4. The molecule has 0 aliphatic carbocycles. The Morgan fingerprint density at radius 2 is 1.95 bits per heavy atom. The molecule has 0 radical (unpaired) electrons. The van der Waals surface area contributed by atoms with Crippen molar-refractivity contribution in [3.8, 4) is 5.75 Å². The van der Waals surface area contributed by atoms with Gasteiger partial charge in [0.15, 0.2) is 0 Å². The molecule has 2 aromatic heterocycles. The molecule has 21 heavy (non-hydrogen) atoms. The highest BCUT2D eigenvalue weighted by Gasteiger charge is 2.01. The summed E-state index contributed by atoms with van der Waals surface area (Å²) in [5.74, 6) is 0.878. The van der Waals surface area contributed by atoms with Crippen LogP contribution in [0.4, 0.5) is 0 Å². The van der Waals surface area contributed by atoms with Crippen LogP contribution in [0.25, 0.3) is 10.9 Å². The molecule has 0 atom stereocenters. The molecule has 3 aromatic rings. The molecular weight excluding hydrogens is 262 g/mol. The molecule has 0 saturated heterocycles. The lowest BCUT2D eigenvalue weighted by atomic mass is 10.2. The van der Waals surface area contributed by atoms with E-state index in [4.69, 9.17) is 4.74 Å². The predicted octanol–water partition coefficient (Wildman–Crippen LogP) is 2.80. The fourth-order valence-corrected chi connectivity index (χ4v) is 2.17. The van der Waals surface area contributed by atoms with Crippen LogP contribution < -0.4 is 10.1 Å². The summed E-state index contributed by atoms with van der Waals surface area (Å²) < 4.78 is 5.84. The Bertz CT molecular complexity index is 695. The first-order valence-electron chi connectivity index (χ1n) is 7.00. The molecule has 0 aliphatic rings. The van der Waals surface area contributed by atoms with Crippen molar-refractivity contribution in [2.24, 2.45) is 0 Å². The van der Waals surface area contributed by atoms with Gasteiger partial charge in [-0.05, 0) is 35.9 Å². The molecule has 1 aromatic carbocycles. The van der Waals surface area contributed by atoms with Crippen molar-refractivity contribution in [3.05, 3.63) is 66.6 Å². The number of nitrogens with one attached hydrogen (secondary N) is 1. The van der Waals surface area contributed by atoms with Gasteiger partial charge in [0.05, 0.1) is 5.52 Å². The van der Waals surface area contributed by atoms with E-state index in [1.165, 1.54) is 5.56 Å². The topological polar surface area (TPSA) is 47.0 Å². The number of rotatable bonds is 6. The van der Waals surface area contributed by atoms with E-state index < -0.39 is 0 Å². The summed E-state index contributed by atoms with van der Waals surface area (Å²) in [5, 5.41) is 4.39. The zero-order valence-corrected chi connectivity index (χ0v) is 11.7. The molecule has 0 saturated carbocycles. The number of aromatic nitrogens is 2. The number of nitrogens with zero attached hydrogens (tertiary/aromatic N) is 2. The Kier molecular flexibility index (Phi) is 4.39. The van der Waals surface area contributed by atoms with E-state index in [1.807, 2.05) is 42.6 Å². The lowest BCUT2D eigenvalue weighted by molar-refractivity contribution is 0.317. The fourth-order valence-electron chi connectivity index (χ4n) is 2.17. The standard InChI is InChI=1S/C17H17N3O/c1-6-16-15(5-3-9-20-16)17(7-1)21-11-10-19-13-14-4-2-8-18-12-14/h1-9,12,19H,10-11,13H2. The fraction of sp³-hybridized carbons (Fsp3) is 0.176. The Hall–Kier alpha value is -2.46. The quantitative estimate of drug-likeness (QED) is 0.705. The molecule has 4 nitrogen and oxygen atoms in total. The van der Waals surface area contributed by atoms with Crippen LogP contribution in [-0.4, -0.2) is 23.1 Å². The maximum Gasteiger partial charge on any atom is 0.128 e. The predicted molar refractivity (Wildman–Crippen MR) is 83.2 cm³/mol. The number of hydrogen-bond donors (Lipinski definition) is 1. The van der Waals surface area contributed by atoms with Gasteiger partial charge in [-0.2, -0.15) is 0 Å². The Balaban J connectivity index is 1.51. The summed E-state index contributed by atoms with van der Waals surface area (Å²) in [5.41, 5.74) is 2.13. The number of pyridine rings is 2. The van der Waals surface area contributed by atoms with Crippen molar-refractivity contribution < 1.29 is 4.74 Å². The number of hydrogen-bond acceptors (Lipinski definition) is 4. The van der Waals surface area contributed by atoms with Crippen LogP contribution in [-0.2, 0) is 6.54 Å². The van der Waals surface area contributed by atoms with Crippen molar-refractivity contribution in [2.75, 3.05) is 13.2 Å². The van der Waals surface area contributed by atoms with Crippen LogP contribution in [0.1, 0.15) is 5.56 Å². The minimum atomic E-state index is 0.619. The van der Waals surface area contributed by atoms with Crippen LogP contribution in [0.3, 0.4) is 0 Å². The normalized spacial score (nSPS) is 10.7. The minimum absolute atomic E-state index is 0.619. The molecule has 0 spiro atoms. The molecule has 2 heterocycles. The van der Waals surface area contributed by atoms with Crippen molar-refractivity contribution in [1.29, 1.82) is 0 Å². The van der Waals surface area contributed by atoms with Gasteiger partial charge in [0, 0.05) is 37.1 Å². The number of fused-ring (bicyclic) bond motifs is 1. The van der Waals surface area contributed by atoms with Gasteiger partial charge >= 0.3 is 0 Å². The van der Waals surface area contributed by atoms with E-state index in [-0.39, 0.29) is 0 Å². The summed E-state index contributed by atoms with van der Waals surface area (Å²) in [6, 6.07) is 13.9. The highest BCUT2D eigenvalue weighted by Crippen LogP contribution is 2.23. The zero-order chi connectivity index (χ0) is 14.3. The zero-order valence-electron chi connectivity index (χ0n) is 11.7. The van der Waals surface area contributed by atoms with Gasteiger partial charge in [-0.25, -0.2) is 0 Å². The van der Waals surface area contributed by atoms with E-state index in [0.717, 1.165) is 29.7 Å². The molecule has 0 amide bonds. The smallest absolute Gasteiger partial charge is 0.128 e. The van der Waals surface area contributed by atoms with Crippen molar-refractivity contribution >= 4 is 10.9 Å². The van der Waals surface area contributed by atoms with E-state index in [9.17, 15) is 0 Å². The third-order valence-corrected chi connectivity index (χ3v) is 3.19. The van der Waals surface area contributed by atoms with Crippen molar-refractivity contribution in [3.63, 3.8) is 0 Å². The summed E-state index contributed by atoms with van der Waals surface area (Å²) >= 11 is 0. The van der Waals surface area contributed by atoms with Gasteiger partial charge in [0.25, 0.3) is 0 Å². The molecule has 0 unspecified atom stereocenters. The Labute approximate surface area is 123 Å². The van der Waals surface area contributed by atoms with Crippen LogP contribution in [0.5, 0.6) is 5.75 Å². The first-order valence-corrected chi connectivity index (χ1v) is 7.00. The largest absolute Gasteiger partial charge is 0.492 e. The molecule has 3 rings (SSSR count). The van der Waals surface area contributed by atoms with Gasteiger partial charge in [0.2, 0.25) is 0 Å². The minimum Gasteiger partial charge on any atom is -0.492 e. The van der Waals surface area contributed by atoms with Crippen molar-refractivity contribution in [1.82, 2.24) is 15.3 Å². The lowest BCUT2D eigenvalue weighted by Gasteiger charge is -2.09. The Morgan fingerprint density at radius 3 is 2.86 bits per heavy atom. The molecule has 106 valence electrons. The molecule has 4 heteroatoms. The van der Waals surface area contributed by atoms with E-state index in [0.29, 0.717) is 6.61 Å². The SMILES string of the molecule is c1cncc(CNCCOc2cccc3ncccc23)c1. The highest BCUT2D eigenvalue weighted by atomic mass is 16.5. The second-order valence-corrected chi connectivity index (χ2v) is 4.71. The second kappa shape index (κ2) is 6.81. The number of ether oxygens (including phenoxy) is 1. The van der Waals surface area contributed by atoms with Crippen LogP contribution in [0.15, 0.2) is 61.1 Å². The van der Waals surface area contributed by atoms with Crippen LogP contribution >= 0.6 is 0 Å². The molecule has 0 aliphatic heterocycles. The van der Waals surface area contributed by atoms with Crippen LogP contribution in [0, 0.1) is 0 Å². The number of benzene rings is 1. The highest BCUT2D eigenvalue weighted by molar-refractivity contribution is 5.84. The van der Waals surface area contributed by atoms with Gasteiger partial charge in [-0.15, -0.1) is 0 Å². The van der Waals surface area contributed by atoms with Crippen LogP contribution in [0.2, 0.25) is 0 Å². The summed E-state index contributed by atoms with van der Waals surface area (Å²) in [7, 11) is 0. The van der Waals surface area contributed by atoms with E-state index in [2.05, 4.69) is 21.4 Å². The molecule has 0 bridgehead atoms. The average molecular weight is 279 g/mol. The maximum absolute atomic E-state index is 5.84. The van der Waals surface area contributed by atoms with Gasteiger partial charge in [0.1, 0.15) is 12.4 Å². The third-order valence-electron chi connectivity index (χ3n) is 3.19. The monoisotopic (exact) mass is 279 g/mol. The van der Waals surface area contributed by atoms with Gasteiger partial charge in [-0.3, -0.25) is 9.97 Å². The molecule has 1 N–H and O–H groups in total. The van der Waals surface area contributed by atoms with E-state index in [1.54, 1.807) is 12.4 Å². The molecular formula is C17H17N3O. The third kappa shape index (κ3) is 3.55.